The normalized spacial score (nSPS) is 10.7. The number of carbonyl (C=O) groups is 1. The largest absolute Gasteiger partial charge is 0.465 e. The second kappa shape index (κ2) is 6.21. The van der Waals surface area contributed by atoms with Gasteiger partial charge in [0.15, 0.2) is 4.96 Å². The number of anilines is 1. The Bertz CT molecular complexity index is 912. The van der Waals surface area contributed by atoms with E-state index >= 15 is 0 Å². The van der Waals surface area contributed by atoms with E-state index in [1.807, 2.05) is 12.3 Å². The maximum Gasteiger partial charge on any atom is 0.337 e. The summed E-state index contributed by atoms with van der Waals surface area (Å²) >= 11 is 1.44. The minimum atomic E-state index is -0.371. The van der Waals surface area contributed by atoms with Gasteiger partial charge in [-0.15, -0.1) is 11.3 Å². The number of aromatic nitrogens is 2. The standard InChI is InChI=1S/C16H15N3O3S/c1-10-9-23-16-18-13(7-14(20)19(10)16)8-17-12-5-3-11(4-6-12)15(21)22-2/h3-7,9,17H,8H2,1-2H3. The van der Waals surface area contributed by atoms with Gasteiger partial charge < -0.3 is 10.1 Å². The summed E-state index contributed by atoms with van der Waals surface area (Å²) in [5.74, 6) is -0.371. The minimum Gasteiger partial charge on any atom is -0.465 e. The van der Waals surface area contributed by atoms with Gasteiger partial charge in [-0.25, -0.2) is 9.78 Å². The molecular formula is C16H15N3O3S. The lowest BCUT2D eigenvalue weighted by Gasteiger charge is -2.07. The number of fused-ring (bicyclic) bond motifs is 1. The first-order valence-corrected chi connectivity index (χ1v) is 7.85. The molecule has 1 aromatic carbocycles. The number of carbonyl (C=O) groups excluding carboxylic acids is 1. The lowest BCUT2D eigenvalue weighted by molar-refractivity contribution is 0.0601. The summed E-state index contributed by atoms with van der Waals surface area (Å²) < 4.78 is 6.25. The Kier molecular flexibility index (Phi) is 4.12. The van der Waals surface area contributed by atoms with Crippen molar-refractivity contribution in [2.24, 2.45) is 0 Å². The van der Waals surface area contributed by atoms with E-state index in [0.29, 0.717) is 22.8 Å². The molecule has 0 fully saturated rings. The Morgan fingerprint density at radius 1 is 1.35 bits per heavy atom. The van der Waals surface area contributed by atoms with E-state index in [1.165, 1.54) is 24.5 Å². The lowest BCUT2D eigenvalue weighted by atomic mass is 10.2. The highest BCUT2D eigenvalue weighted by molar-refractivity contribution is 7.15. The predicted molar refractivity (Wildman–Crippen MR) is 89.2 cm³/mol. The van der Waals surface area contributed by atoms with Crippen LogP contribution in [-0.2, 0) is 11.3 Å². The molecule has 0 atom stereocenters. The minimum absolute atomic E-state index is 0.0772. The molecule has 7 heteroatoms. The highest BCUT2D eigenvalue weighted by Gasteiger charge is 2.07. The van der Waals surface area contributed by atoms with Crippen LogP contribution in [0.4, 0.5) is 5.69 Å². The van der Waals surface area contributed by atoms with Gasteiger partial charge in [-0.05, 0) is 31.2 Å². The van der Waals surface area contributed by atoms with E-state index in [2.05, 4.69) is 15.0 Å². The molecule has 0 aliphatic heterocycles. The number of aryl methyl sites for hydroxylation is 1. The summed E-state index contributed by atoms with van der Waals surface area (Å²) in [5.41, 5.74) is 2.81. The smallest absolute Gasteiger partial charge is 0.337 e. The average Bonchev–Trinajstić information content (AvgIpc) is 2.94. The van der Waals surface area contributed by atoms with Crippen LogP contribution in [0.15, 0.2) is 40.5 Å². The number of methoxy groups -OCH3 is 1. The first-order valence-electron chi connectivity index (χ1n) is 6.97. The Balaban J connectivity index is 1.75. The molecule has 0 radical (unpaired) electrons. The Morgan fingerprint density at radius 2 is 2.09 bits per heavy atom. The number of ether oxygens (including phenoxy) is 1. The molecular weight excluding hydrogens is 314 g/mol. The van der Waals surface area contributed by atoms with E-state index in [0.717, 1.165) is 11.4 Å². The SMILES string of the molecule is COC(=O)c1ccc(NCc2cc(=O)n3c(C)csc3n2)cc1. The van der Waals surface area contributed by atoms with Crippen molar-refractivity contribution in [1.29, 1.82) is 0 Å². The summed E-state index contributed by atoms with van der Waals surface area (Å²) in [7, 11) is 1.35. The van der Waals surface area contributed by atoms with Gasteiger partial charge in [0.25, 0.3) is 5.56 Å². The van der Waals surface area contributed by atoms with Crippen molar-refractivity contribution in [3.05, 3.63) is 63.0 Å². The number of esters is 1. The molecule has 0 saturated heterocycles. The van der Waals surface area contributed by atoms with Gasteiger partial charge in [-0.2, -0.15) is 0 Å². The van der Waals surface area contributed by atoms with Crippen molar-refractivity contribution in [2.75, 3.05) is 12.4 Å². The van der Waals surface area contributed by atoms with Crippen LogP contribution < -0.4 is 10.9 Å². The highest BCUT2D eigenvalue weighted by atomic mass is 32.1. The van der Waals surface area contributed by atoms with E-state index in [1.54, 1.807) is 28.7 Å². The van der Waals surface area contributed by atoms with Gasteiger partial charge in [0.05, 0.1) is 24.9 Å². The van der Waals surface area contributed by atoms with Crippen LogP contribution in [0, 0.1) is 6.92 Å². The molecule has 6 nitrogen and oxygen atoms in total. The van der Waals surface area contributed by atoms with Crippen LogP contribution >= 0.6 is 11.3 Å². The van der Waals surface area contributed by atoms with Crippen LogP contribution in [0.25, 0.3) is 4.96 Å². The molecule has 118 valence electrons. The molecule has 23 heavy (non-hydrogen) atoms. The number of hydrogen-bond donors (Lipinski definition) is 1. The Morgan fingerprint density at radius 3 is 2.78 bits per heavy atom. The fraction of sp³-hybridized carbons (Fsp3) is 0.188. The number of thiazole rings is 1. The second-order valence-corrected chi connectivity index (χ2v) is 5.84. The fourth-order valence-corrected chi connectivity index (χ4v) is 3.12. The van der Waals surface area contributed by atoms with E-state index in [9.17, 15) is 9.59 Å². The van der Waals surface area contributed by atoms with Gasteiger partial charge in [0.1, 0.15) is 0 Å². The first-order chi connectivity index (χ1) is 11.1. The molecule has 2 heterocycles. The molecule has 1 N–H and O–H groups in total. The van der Waals surface area contributed by atoms with E-state index < -0.39 is 0 Å². The predicted octanol–water partition coefficient (Wildman–Crippen LogP) is 2.46. The number of rotatable bonds is 4. The molecule has 0 unspecified atom stereocenters. The summed E-state index contributed by atoms with van der Waals surface area (Å²) in [6, 6.07) is 8.47. The molecule has 0 amide bonds. The molecule has 3 rings (SSSR count). The first kappa shape index (κ1) is 15.2. The third-order valence-corrected chi connectivity index (χ3v) is 4.35. The van der Waals surface area contributed by atoms with Gasteiger partial charge in [0, 0.05) is 22.8 Å². The van der Waals surface area contributed by atoms with Crippen LogP contribution in [0.1, 0.15) is 21.7 Å². The van der Waals surface area contributed by atoms with Crippen molar-refractivity contribution >= 4 is 28.0 Å². The quantitative estimate of drug-likeness (QED) is 0.745. The second-order valence-electron chi connectivity index (χ2n) is 5.00. The summed E-state index contributed by atoms with van der Waals surface area (Å²) in [4.78, 5) is 28.6. The maximum absolute atomic E-state index is 12.1. The molecule has 3 aromatic rings. The molecule has 0 saturated carbocycles. The van der Waals surface area contributed by atoms with Crippen LogP contribution in [0.2, 0.25) is 0 Å². The van der Waals surface area contributed by atoms with Crippen LogP contribution in [0.3, 0.4) is 0 Å². The monoisotopic (exact) mass is 329 g/mol. The Labute approximate surface area is 136 Å². The highest BCUT2D eigenvalue weighted by Crippen LogP contribution is 2.14. The topological polar surface area (TPSA) is 72.7 Å². The zero-order valence-corrected chi connectivity index (χ0v) is 13.5. The molecule has 0 aliphatic rings. The number of benzene rings is 1. The van der Waals surface area contributed by atoms with Crippen molar-refractivity contribution in [3.63, 3.8) is 0 Å². The molecule has 0 spiro atoms. The summed E-state index contributed by atoms with van der Waals surface area (Å²) in [6.07, 6.45) is 0. The summed E-state index contributed by atoms with van der Waals surface area (Å²) in [5, 5.41) is 5.09. The lowest BCUT2D eigenvalue weighted by Crippen LogP contribution is -2.16. The average molecular weight is 329 g/mol. The van der Waals surface area contributed by atoms with Crippen LogP contribution in [0.5, 0.6) is 0 Å². The number of nitrogens with one attached hydrogen (secondary N) is 1. The summed E-state index contributed by atoms with van der Waals surface area (Å²) in [6.45, 7) is 2.31. The molecule has 0 bridgehead atoms. The maximum atomic E-state index is 12.1. The zero-order valence-electron chi connectivity index (χ0n) is 12.7. The van der Waals surface area contributed by atoms with Crippen molar-refractivity contribution in [1.82, 2.24) is 9.38 Å². The van der Waals surface area contributed by atoms with Crippen LogP contribution in [-0.4, -0.2) is 22.5 Å². The van der Waals surface area contributed by atoms with Crippen molar-refractivity contribution < 1.29 is 9.53 Å². The third kappa shape index (κ3) is 3.09. The molecule has 0 aliphatic carbocycles. The van der Waals surface area contributed by atoms with Gasteiger partial charge >= 0.3 is 5.97 Å². The van der Waals surface area contributed by atoms with Gasteiger partial charge in [-0.1, -0.05) is 0 Å². The third-order valence-electron chi connectivity index (χ3n) is 3.41. The number of nitrogens with zero attached hydrogens (tertiary/aromatic N) is 2. The van der Waals surface area contributed by atoms with E-state index in [-0.39, 0.29) is 11.5 Å². The number of hydrogen-bond acceptors (Lipinski definition) is 6. The molecule has 2 aromatic heterocycles. The van der Waals surface area contributed by atoms with Crippen molar-refractivity contribution in [3.8, 4) is 0 Å². The van der Waals surface area contributed by atoms with Crippen molar-refractivity contribution in [2.45, 2.75) is 13.5 Å². The zero-order chi connectivity index (χ0) is 16.4. The fourth-order valence-electron chi connectivity index (χ4n) is 2.23. The van der Waals surface area contributed by atoms with Gasteiger partial charge in [-0.3, -0.25) is 9.20 Å². The Hall–Kier alpha value is -2.67. The van der Waals surface area contributed by atoms with Gasteiger partial charge in [0.2, 0.25) is 0 Å². The van der Waals surface area contributed by atoms with E-state index in [4.69, 9.17) is 0 Å².